The molecule has 6 heteroatoms. The maximum Gasteiger partial charge on any atom is 0.487 e. The largest absolute Gasteiger partial charge is 0.496 e. The van der Waals surface area contributed by atoms with E-state index in [9.17, 15) is 4.79 Å². The number of amides is 1. The molecule has 0 radical (unpaired) electrons. The van der Waals surface area contributed by atoms with E-state index in [1.807, 2.05) is 86.6 Å². The van der Waals surface area contributed by atoms with Crippen LogP contribution in [0.25, 0.3) is 0 Å². The molecule has 0 fully saturated rings. The van der Waals surface area contributed by atoms with Gasteiger partial charge in [-0.1, -0.05) is 158 Å². The van der Waals surface area contributed by atoms with Crippen LogP contribution in [-0.2, 0) is 0 Å². The van der Waals surface area contributed by atoms with Gasteiger partial charge in [-0.2, -0.15) is 26.7 Å². The van der Waals surface area contributed by atoms with Gasteiger partial charge in [0, 0.05) is 18.6 Å². The van der Waals surface area contributed by atoms with Crippen LogP contribution in [0.15, 0.2) is 194 Å². The fourth-order valence-corrected chi connectivity index (χ4v) is 6.87. The first kappa shape index (κ1) is 34.5. The normalized spacial score (nSPS) is 10.7. The number of carbonyl (C=O) groups excluding carboxylic acids is 1. The fourth-order valence-electron chi connectivity index (χ4n) is 6.87. The van der Waals surface area contributed by atoms with Crippen molar-refractivity contribution in [2.24, 2.45) is 0 Å². The quantitative estimate of drug-likeness (QED) is 0.129. The van der Waals surface area contributed by atoms with Crippen LogP contribution in [0.4, 0.5) is 16.2 Å². The number of ether oxygens (including phenoxy) is 1. The molecule has 7 aromatic rings. The summed E-state index contributed by atoms with van der Waals surface area (Å²) >= 11 is 0. The summed E-state index contributed by atoms with van der Waals surface area (Å²) in [7, 11) is 1.61. The minimum atomic E-state index is -1.22. The highest BCUT2D eigenvalue weighted by Gasteiger charge is 2.31. The van der Waals surface area contributed by atoms with Crippen molar-refractivity contribution in [2.45, 2.75) is 13.8 Å². The highest BCUT2D eigenvalue weighted by atomic mass is 16.7. The van der Waals surface area contributed by atoms with Crippen LogP contribution in [-0.4, -0.2) is 19.3 Å². The Morgan fingerprint density at radius 3 is 1.08 bits per heavy atom. The monoisotopic (exact) mass is 668 g/mol. The van der Waals surface area contributed by atoms with Crippen molar-refractivity contribution in [3.8, 4) is 5.75 Å². The molecule has 1 heterocycles. The number of rotatable bonds is 8. The summed E-state index contributed by atoms with van der Waals surface area (Å²) in [4.78, 5) is 20.3. The number of para-hydroxylation sites is 2. The van der Waals surface area contributed by atoms with Gasteiger partial charge in [-0.05, 0) is 24.3 Å². The number of carbonyl (C=O) groups is 1. The third-order valence-electron chi connectivity index (χ3n) is 9.16. The number of anilines is 2. The van der Waals surface area contributed by atoms with E-state index in [0.717, 1.165) is 28.5 Å². The SMILES string of the molecule is COc1cc(C)[n+](OC(=O)N(c2ccccc2)c2ccccc2)c(C)c1.c1ccc([B-](c2ccccc2)(c2ccccc2)c2ccccc2)cc1. The smallest absolute Gasteiger partial charge is 0.487 e. The van der Waals surface area contributed by atoms with Crippen molar-refractivity contribution in [2.75, 3.05) is 12.0 Å². The molecule has 1 aromatic heterocycles. The molecule has 51 heavy (non-hydrogen) atoms. The number of pyridine rings is 1. The van der Waals surface area contributed by atoms with E-state index in [2.05, 4.69) is 121 Å². The second-order valence-corrected chi connectivity index (χ2v) is 12.3. The minimum Gasteiger partial charge on any atom is -0.496 e. The van der Waals surface area contributed by atoms with Crippen LogP contribution in [0.5, 0.6) is 5.75 Å². The second-order valence-electron chi connectivity index (χ2n) is 12.3. The Morgan fingerprint density at radius 2 is 0.784 bits per heavy atom. The Balaban J connectivity index is 0.000000176. The van der Waals surface area contributed by atoms with Gasteiger partial charge >= 0.3 is 6.09 Å². The molecule has 1 amide bonds. The predicted octanol–water partition coefficient (Wildman–Crippen LogP) is 7.05. The van der Waals surface area contributed by atoms with Crippen LogP contribution in [0.1, 0.15) is 11.4 Å². The lowest BCUT2D eigenvalue weighted by molar-refractivity contribution is -0.876. The number of nitrogens with zero attached hydrogens (tertiary/aromatic N) is 2. The van der Waals surface area contributed by atoms with Gasteiger partial charge in [0.25, 0.3) is 0 Å². The van der Waals surface area contributed by atoms with Crippen molar-refractivity contribution < 1.29 is 19.1 Å². The van der Waals surface area contributed by atoms with Crippen LogP contribution in [0.3, 0.4) is 0 Å². The summed E-state index contributed by atoms with van der Waals surface area (Å²) in [6, 6.07) is 66.0. The molecular weight excluding hydrogens is 627 g/mol. The highest BCUT2D eigenvalue weighted by Crippen LogP contribution is 2.25. The molecule has 252 valence electrons. The van der Waals surface area contributed by atoms with E-state index in [1.165, 1.54) is 31.5 Å². The van der Waals surface area contributed by atoms with E-state index >= 15 is 0 Å². The number of hydrogen-bond acceptors (Lipinski definition) is 3. The first-order valence-corrected chi connectivity index (χ1v) is 17.1. The summed E-state index contributed by atoms with van der Waals surface area (Å²) in [5.74, 6) is 0.718. The molecule has 0 atom stereocenters. The van der Waals surface area contributed by atoms with Crippen LogP contribution in [0.2, 0.25) is 0 Å². The van der Waals surface area contributed by atoms with Gasteiger partial charge in [0.2, 0.25) is 11.4 Å². The zero-order valence-corrected chi connectivity index (χ0v) is 29.2. The maximum absolute atomic E-state index is 13.0. The Kier molecular flexibility index (Phi) is 11.0. The van der Waals surface area contributed by atoms with Crippen molar-refractivity contribution in [3.05, 3.63) is 206 Å². The summed E-state index contributed by atoms with van der Waals surface area (Å²) in [5.41, 5.74) is 8.34. The van der Waals surface area contributed by atoms with Gasteiger partial charge in [-0.3, -0.25) is 0 Å². The summed E-state index contributed by atoms with van der Waals surface area (Å²) in [6.45, 7) is 3.72. The standard InChI is InChI=1S/C24H20B.C21H21N2O3/c1-5-13-21(14-6-1)25(22-15-7-2-8-16-22,23-17-9-3-10-18-23)24-19-11-4-12-20-24;1-16-14-20(25-3)15-17(2)23(16)26-21(24)22(18-10-6-4-7-11-18)19-12-8-5-9-13-19/h1-20H;4-15H,1-3H3/q-1;+1. The summed E-state index contributed by atoms with van der Waals surface area (Å²) < 4.78 is 6.76. The zero-order chi connectivity index (χ0) is 35.5. The lowest BCUT2D eigenvalue weighted by Gasteiger charge is -2.44. The first-order valence-electron chi connectivity index (χ1n) is 17.1. The lowest BCUT2D eigenvalue weighted by atomic mass is 9.13. The molecule has 0 saturated heterocycles. The molecule has 7 rings (SSSR count). The van der Waals surface area contributed by atoms with Crippen LogP contribution >= 0.6 is 0 Å². The molecule has 6 aromatic carbocycles. The predicted molar refractivity (Wildman–Crippen MR) is 210 cm³/mol. The van der Waals surface area contributed by atoms with Crippen molar-refractivity contribution in [1.82, 2.24) is 0 Å². The molecule has 0 bridgehead atoms. The van der Waals surface area contributed by atoms with E-state index < -0.39 is 12.2 Å². The minimum absolute atomic E-state index is 0.497. The zero-order valence-electron chi connectivity index (χ0n) is 29.2. The Bertz CT molecular complexity index is 1910. The average molecular weight is 669 g/mol. The van der Waals surface area contributed by atoms with Gasteiger partial charge in [-0.15, -0.1) is 0 Å². The molecule has 0 saturated carbocycles. The molecule has 0 aliphatic carbocycles. The van der Waals surface area contributed by atoms with Gasteiger partial charge in [0.15, 0.2) is 0 Å². The summed E-state index contributed by atoms with van der Waals surface area (Å²) in [6.07, 6.45) is -1.71. The fraction of sp³-hybridized carbons (Fsp3) is 0.0667. The third-order valence-corrected chi connectivity index (χ3v) is 9.16. The molecule has 0 aliphatic heterocycles. The van der Waals surface area contributed by atoms with Crippen molar-refractivity contribution >= 4 is 45.5 Å². The number of hydrogen-bond donors (Lipinski definition) is 0. The molecule has 0 unspecified atom stereocenters. The van der Waals surface area contributed by atoms with Gasteiger partial charge < -0.3 is 4.74 Å². The van der Waals surface area contributed by atoms with E-state index in [1.54, 1.807) is 7.11 Å². The number of aryl methyl sites for hydroxylation is 2. The number of aromatic nitrogens is 1. The van der Waals surface area contributed by atoms with E-state index in [4.69, 9.17) is 9.57 Å². The highest BCUT2D eigenvalue weighted by molar-refractivity contribution is 7.19. The maximum atomic E-state index is 13.0. The van der Waals surface area contributed by atoms with Gasteiger partial charge in [0.05, 0.1) is 30.6 Å². The van der Waals surface area contributed by atoms with Crippen molar-refractivity contribution in [3.63, 3.8) is 0 Å². The lowest BCUT2D eigenvalue weighted by Crippen LogP contribution is -2.74. The molecule has 5 nitrogen and oxygen atoms in total. The topological polar surface area (TPSA) is 42.6 Å². The van der Waals surface area contributed by atoms with Gasteiger partial charge in [0.1, 0.15) is 11.9 Å². The number of benzene rings is 6. The third kappa shape index (κ3) is 7.61. The molecule has 0 spiro atoms. The first-order chi connectivity index (χ1) is 25.0. The Morgan fingerprint density at radius 1 is 0.490 bits per heavy atom. The average Bonchev–Trinajstić information content (AvgIpc) is 3.19. The molecule has 0 aliphatic rings. The van der Waals surface area contributed by atoms with Crippen LogP contribution < -0.4 is 41.1 Å². The summed E-state index contributed by atoms with van der Waals surface area (Å²) in [5, 5.41) is 0. The molecule has 0 N–H and O–H groups in total. The van der Waals surface area contributed by atoms with E-state index in [0.29, 0.717) is 0 Å². The van der Waals surface area contributed by atoms with Crippen molar-refractivity contribution in [1.29, 1.82) is 0 Å². The van der Waals surface area contributed by atoms with Crippen LogP contribution in [0, 0.1) is 13.8 Å². The number of methoxy groups -OCH3 is 1. The molecular formula is C45H41BN2O3. The Labute approximate surface area is 300 Å². The van der Waals surface area contributed by atoms with E-state index in [-0.39, 0.29) is 0 Å². The van der Waals surface area contributed by atoms with Gasteiger partial charge in [-0.25, -0.2) is 9.69 Å². The Hall–Kier alpha value is -6.40. The second kappa shape index (κ2) is 16.3.